The lowest BCUT2D eigenvalue weighted by molar-refractivity contribution is -0.135. The van der Waals surface area contributed by atoms with Gasteiger partial charge in [0, 0.05) is 32.2 Å². The summed E-state index contributed by atoms with van der Waals surface area (Å²) < 4.78 is 0. The number of rotatable bonds is 1. The van der Waals surface area contributed by atoms with E-state index in [4.69, 9.17) is 0 Å². The fourth-order valence-electron chi connectivity index (χ4n) is 4.73. The molecular formula is C19H27N3O. The number of amides is 1. The highest BCUT2D eigenvalue weighted by atomic mass is 16.2. The molecule has 0 bridgehead atoms. The number of fused-ring (bicyclic) bond motifs is 1. The molecule has 4 nitrogen and oxygen atoms in total. The van der Waals surface area contributed by atoms with E-state index >= 15 is 0 Å². The number of hydrogen-bond acceptors (Lipinski definition) is 3. The molecule has 1 aromatic carbocycles. The first-order valence-electron chi connectivity index (χ1n) is 8.99. The second-order valence-corrected chi connectivity index (χ2v) is 7.43. The molecule has 4 rings (SSSR count). The van der Waals surface area contributed by atoms with Crippen LogP contribution < -0.4 is 5.32 Å². The highest BCUT2D eigenvalue weighted by molar-refractivity contribution is 5.86. The van der Waals surface area contributed by atoms with Crippen molar-refractivity contribution in [2.45, 2.75) is 43.7 Å². The Morgan fingerprint density at radius 2 is 1.74 bits per heavy atom. The van der Waals surface area contributed by atoms with Crippen molar-refractivity contribution in [1.82, 2.24) is 15.1 Å². The predicted octanol–water partition coefficient (Wildman–Crippen LogP) is 1.44. The maximum Gasteiger partial charge on any atom is 0.240 e. The Bertz CT molecular complexity index is 567. The molecule has 0 radical (unpaired) electrons. The highest BCUT2D eigenvalue weighted by Gasteiger charge is 2.46. The Balaban J connectivity index is 1.44. The molecule has 0 saturated carbocycles. The molecule has 1 aliphatic carbocycles. The van der Waals surface area contributed by atoms with Gasteiger partial charge in [-0.1, -0.05) is 24.3 Å². The lowest BCUT2D eigenvalue weighted by atomic mass is 9.84. The molecule has 1 amide bonds. The largest absolute Gasteiger partial charge is 0.354 e. The van der Waals surface area contributed by atoms with Gasteiger partial charge in [0.05, 0.1) is 0 Å². The average Bonchev–Trinajstić information content (AvgIpc) is 2.97. The van der Waals surface area contributed by atoms with Crippen LogP contribution in [0.5, 0.6) is 0 Å². The maximum absolute atomic E-state index is 12.6. The van der Waals surface area contributed by atoms with Gasteiger partial charge in [0.15, 0.2) is 0 Å². The lowest BCUT2D eigenvalue weighted by Gasteiger charge is -2.46. The standard InChI is InChI=1S/C19H27N3O/c1-21-10-4-9-20-18(23)19(21)7-11-22(12-8-19)17-13-15-5-2-3-6-16(15)14-17/h2-3,5-6,17H,4,7-14H2,1H3,(H,20,23). The summed E-state index contributed by atoms with van der Waals surface area (Å²) in [6.45, 7) is 3.92. The Morgan fingerprint density at radius 1 is 1.09 bits per heavy atom. The Labute approximate surface area is 138 Å². The molecule has 124 valence electrons. The molecular weight excluding hydrogens is 286 g/mol. The van der Waals surface area contributed by atoms with Crippen LogP contribution in [-0.4, -0.2) is 60.5 Å². The molecule has 0 atom stereocenters. The van der Waals surface area contributed by atoms with E-state index in [1.807, 2.05) is 0 Å². The molecule has 23 heavy (non-hydrogen) atoms. The molecule has 1 aromatic rings. The van der Waals surface area contributed by atoms with Crippen LogP contribution in [0.25, 0.3) is 0 Å². The van der Waals surface area contributed by atoms with Crippen molar-refractivity contribution in [2.75, 3.05) is 33.2 Å². The van der Waals surface area contributed by atoms with Gasteiger partial charge in [-0.05, 0) is 50.3 Å². The van der Waals surface area contributed by atoms with Gasteiger partial charge in [0.2, 0.25) is 5.91 Å². The van der Waals surface area contributed by atoms with Crippen molar-refractivity contribution >= 4 is 5.91 Å². The minimum absolute atomic E-state index is 0.256. The molecule has 4 heteroatoms. The second kappa shape index (κ2) is 5.91. The summed E-state index contributed by atoms with van der Waals surface area (Å²) in [4.78, 5) is 17.6. The van der Waals surface area contributed by atoms with Gasteiger partial charge in [-0.15, -0.1) is 0 Å². The van der Waals surface area contributed by atoms with Crippen molar-refractivity contribution in [2.24, 2.45) is 0 Å². The monoisotopic (exact) mass is 313 g/mol. The van der Waals surface area contributed by atoms with Gasteiger partial charge in [0.1, 0.15) is 5.54 Å². The Hall–Kier alpha value is -1.39. The molecule has 2 aliphatic heterocycles. The molecule has 1 spiro atoms. The number of nitrogens with zero attached hydrogens (tertiary/aromatic N) is 2. The molecule has 2 saturated heterocycles. The first-order valence-corrected chi connectivity index (χ1v) is 8.99. The minimum atomic E-state index is -0.265. The van der Waals surface area contributed by atoms with Gasteiger partial charge < -0.3 is 5.32 Å². The van der Waals surface area contributed by atoms with E-state index in [1.165, 1.54) is 24.0 Å². The van der Waals surface area contributed by atoms with Crippen LogP contribution in [0.4, 0.5) is 0 Å². The van der Waals surface area contributed by atoms with Crippen LogP contribution in [0, 0.1) is 0 Å². The number of likely N-dealkylation sites (tertiary alicyclic amines) is 1. The fourth-order valence-corrected chi connectivity index (χ4v) is 4.73. The van der Waals surface area contributed by atoms with Crippen LogP contribution >= 0.6 is 0 Å². The van der Waals surface area contributed by atoms with Crippen LogP contribution in [-0.2, 0) is 17.6 Å². The van der Waals surface area contributed by atoms with Gasteiger partial charge in [0.25, 0.3) is 0 Å². The van der Waals surface area contributed by atoms with E-state index in [1.54, 1.807) is 0 Å². The number of benzene rings is 1. The molecule has 2 fully saturated rings. The molecule has 2 heterocycles. The topological polar surface area (TPSA) is 35.6 Å². The first-order chi connectivity index (χ1) is 11.2. The van der Waals surface area contributed by atoms with Crippen LogP contribution in [0.3, 0.4) is 0 Å². The smallest absolute Gasteiger partial charge is 0.240 e. The summed E-state index contributed by atoms with van der Waals surface area (Å²) in [6.07, 6.45) is 5.33. The van der Waals surface area contributed by atoms with Gasteiger partial charge in [-0.25, -0.2) is 0 Å². The number of likely N-dealkylation sites (N-methyl/N-ethyl adjacent to an activating group) is 1. The van der Waals surface area contributed by atoms with E-state index < -0.39 is 0 Å². The minimum Gasteiger partial charge on any atom is -0.354 e. The number of nitrogens with one attached hydrogen (secondary N) is 1. The normalized spacial score (nSPS) is 26.0. The highest BCUT2D eigenvalue weighted by Crippen LogP contribution is 2.33. The van der Waals surface area contributed by atoms with Crippen LogP contribution in [0.1, 0.15) is 30.4 Å². The van der Waals surface area contributed by atoms with Crippen molar-refractivity contribution in [3.8, 4) is 0 Å². The quantitative estimate of drug-likeness (QED) is 0.852. The van der Waals surface area contributed by atoms with Crippen LogP contribution in [0.15, 0.2) is 24.3 Å². The predicted molar refractivity (Wildman–Crippen MR) is 91.4 cm³/mol. The van der Waals surface area contributed by atoms with E-state index in [0.29, 0.717) is 6.04 Å². The first kappa shape index (κ1) is 15.2. The number of carbonyl (C=O) groups is 1. The van der Waals surface area contributed by atoms with Crippen molar-refractivity contribution in [3.63, 3.8) is 0 Å². The van der Waals surface area contributed by atoms with Gasteiger partial charge >= 0.3 is 0 Å². The van der Waals surface area contributed by atoms with Crippen molar-refractivity contribution in [3.05, 3.63) is 35.4 Å². The second-order valence-electron chi connectivity index (χ2n) is 7.43. The Kier molecular flexibility index (Phi) is 3.90. The van der Waals surface area contributed by atoms with Crippen molar-refractivity contribution < 1.29 is 4.79 Å². The van der Waals surface area contributed by atoms with E-state index in [-0.39, 0.29) is 11.4 Å². The zero-order chi connectivity index (χ0) is 15.9. The van der Waals surface area contributed by atoms with Gasteiger partial charge in [-0.3, -0.25) is 14.6 Å². The Morgan fingerprint density at radius 3 is 2.39 bits per heavy atom. The van der Waals surface area contributed by atoms with Crippen LogP contribution in [0.2, 0.25) is 0 Å². The summed E-state index contributed by atoms with van der Waals surface area (Å²) in [7, 11) is 2.13. The van der Waals surface area contributed by atoms with E-state index in [2.05, 4.69) is 46.4 Å². The lowest BCUT2D eigenvalue weighted by Crippen LogP contribution is -2.61. The summed E-state index contributed by atoms with van der Waals surface area (Å²) in [5.74, 6) is 0.256. The summed E-state index contributed by atoms with van der Waals surface area (Å²) in [5.41, 5.74) is 2.77. The summed E-state index contributed by atoms with van der Waals surface area (Å²) in [5, 5.41) is 3.13. The molecule has 0 unspecified atom stereocenters. The maximum atomic E-state index is 12.6. The molecule has 0 aromatic heterocycles. The molecule has 1 N–H and O–H groups in total. The third-order valence-corrected chi connectivity index (χ3v) is 6.28. The summed E-state index contributed by atoms with van der Waals surface area (Å²) in [6, 6.07) is 9.47. The number of hydrogen-bond donors (Lipinski definition) is 1. The molecule has 3 aliphatic rings. The number of carbonyl (C=O) groups excluding carboxylic acids is 1. The average molecular weight is 313 g/mol. The SMILES string of the molecule is CN1CCCNC(=O)C12CCN(C1Cc3ccccc3C1)CC2. The van der Waals surface area contributed by atoms with Gasteiger partial charge in [-0.2, -0.15) is 0 Å². The van der Waals surface area contributed by atoms with Crippen molar-refractivity contribution in [1.29, 1.82) is 0 Å². The fraction of sp³-hybridized carbons (Fsp3) is 0.632. The third-order valence-electron chi connectivity index (χ3n) is 6.28. The zero-order valence-corrected chi connectivity index (χ0v) is 14.1. The van der Waals surface area contributed by atoms with E-state index in [0.717, 1.165) is 45.4 Å². The zero-order valence-electron chi connectivity index (χ0n) is 14.1. The third kappa shape index (κ3) is 2.58. The van der Waals surface area contributed by atoms with E-state index in [9.17, 15) is 4.79 Å². The summed E-state index contributed by atoms with van der Waals surface area (Å²) >= 11 is 0. The number of piperidine rings is 1.